The molecule has 0 atom stereocenters. The lowest BCUT2D eigenvalue weighted by atomic mass is 9.98. The predicted octanol–water partition coefficient (Wildman–Crippen LogP) is 3.30. The van der Waals surface area contributed by atoms with Gasteiger partial charge in [-0.05, 0) is 10.8 Å². The smallest absolute Gasteiger partial charge is 0.0985 e. The third kappa shape index (κ3) is 1.66. The number of nitrogens with zero attached hydrogens (tertiary/aromatic N) is 1. The van der Waals surface area contributed by atoms with Crippen LogP contribution >= 0.6 is 0 Å². The molecule has 0 saturated carbocycles. The second-order valence-electron chi connectivity index (χ2n) is 4.86. The summed E-state index contributed by atoms with van der Waals surface area (Å²) in [6.07, 6.45) is 0.924. The molecule has 1 aliphatic heterocycles. The number of H-pyrrole nitrogens is 1. The largest absolute Gasteiger partial charge is 0.376 e. The third-order valence-corrected chi connectivity index (χ3v) is 3.74. The second-order valence-corrected chi connectivity index (χ2v) is 4.86. The SMILES string of the molecule is c1ccc2c(-c3n[nH]c4c3COCC4)cccc2c1. The summed E-state index contributed by atoms with van der Waals surface area (Å²) in [5.74, 6) is 0. The van der Waals surface area contributed by atoms with Gasteiger partial charge in [-0.15, -0.1) is 0 Å². The molecule has 1 aliphatic rings. The highest BCUT2D eigenvalue weighted by atomic mass is 16.5. The first-order valence-electron chi connectivity index (χ1n) is 6.55. The van der Waals surface area contributed by atoms with E-state index in [-0.39, 0.29) is 0 Å². The molecule has 0 radical (unpaired) electrons. The Morgan fingerprint density at radius 1 is 1.05 bits per heavy atom. The van der Waals surface area contributed by atoms with E-state index in [1.807, 2.05) is 0 Å². The molecule has 0 saturated heterocycles. The van der Waals surface area contributed by atoms with Gasteiger partial charge < -0.3 is 4.74 Å². The molecule has 0 fully saturated rings. The lowest BCUT2D eigenvalue weighted by molar-refractivity contribution is 0.110. The number of rotatable bonds is 1. The number of hydrogen-bond acceptors (Lipinski definition) is 2. The van der Waals surface area contributed by atoms with Crippen LogP contribution in [-0.4, -0.2) is 16.8 Å². The third-order valence-electron chi connectivity index (χ3n) is 3.74. The number of aromatic nitrogens is 2. The Hall–Kier alpha value is -2.13. The van der Waals surface area contributed by atoms with Crippen molar-refractivity contribution in [2.24, 2.45) is 0 Å². The van der Waals surface area contributed by atoms with Crippen LogP contribution in [0.4, 0.5) is 0 Å². The van der Waals surface area contributed by atoms with E-state index in [1.165, 1.54) is 27.6 Å². The minimum absolute atomic E-state index is 0.657. The maximum Gasteiger partial charge on any atom is 0.0985 e. The average molecular weight is 250 g/mol. The summed E-state index contributed by atoms with van der Waals surface area (Å²) in [6, 6.07) is 14.8. The van der Waals surface area contributed by atoms with Crippen molar-refractivity contribution in [3.63, 3.8) is 0 Å². The highest BCUT2D eigenvalue weighted by Crippen LogP contribution is 2.32. The van der Waals surface area contributed by atoms with Gasteiger partial charge in [0, 0.05) is 23.2 Å². The Balaban J connectivity index is 1.98. The quantitative estimate of drug-likeness (QED) is 0.719. The predicted molar refractivity (Wildman–Crippen MR) is 74.9 cm³/mol. The normalized spacial score (nSPS) is 14.5. The van der Waals surface area contributed by atoms with Crippen LogP contribution in [0.2, 0.25) is 0 Å². The van der Waals surface area contributed by atoms with E-state index in [9.17, 15) is 0 Å². The second kappa shape index (κ2) is 4.21. The molecular weight excluding hydrogens is 236 g/mol. The van der Waals surface area contributed by atoms with Gasteiger partial charge in [0.25, 0.3) is 0 Å². The van der Waals surface area contributed by atoms with E-state index in [0.717, 1.165) is 18.7 Å². The monoisotopic (exact) mass is 250 g/mol. The van der Waals surface area contributed by atoms with Crippen LogP contribution < -0.4 is 0 Å². The van der Waals surface area contributed by atoms with E-state index in [1.54, 1.807) is 0 Å². The summed E-state index contributed by atoms with van der Waals surface area (Å²) in [7, 11) is 0. The zero-order chi connectivity index (χ0) is 12.7. The summed E-state index contributed by atoms with van der Waals surface area (Å²) in [5.41, 5.74) is 4.64. The highest BCUT2D eigenvalue weighted by molar-refractivity contribution is 5.96. The zero-order valence-corrected chi connectivity index (χ0v) is 10.5. The fraction of sp³-hybridized carbons (Fsp3) is 0.188. The molecule has 2 aromatic carbocycles. The fourth-order valence-corrected chi connectivity index (χ4v) is 2.77. The number of fused-ring (bicyclic) bond motifs is 2. The molecule has 0 bridgehead atoms. The standard InChI is InChI=1S/C16H14N2O/c1-2-6-12-11(4-1)5-3-7-13(12)16-14-10-19-9-8-15(14)17-18-16/h1-7H,8-10H2,(H,17,18). The molecule has 19 heavy (non-hydrogen) atoms. The van der Waals surface area contributed by atoms with Crippen LogP contribution in [0, 0.1) is 0 Å². The van der Waals surface area contributed by atoms with Gasteiger partial charge in [-0.3, -0.25) is 5.10 Å². The van der Waals surface area contributed by atoms with E-state index in [2.05, 4.69) is 52.7 Å². The van der Waals surface area contributed by atoms with Crippen molar-refractivity contribution < 1.29 is 4.74 Å². The Kier molecular flexibility index (Phi) is 2.38. The van der Waals surface area contributed by atoms with Crippen LogP contribution in [0.25, 0.3) is 22.0 Å². The molecular formula is C16H14N2O. The van der Waals surface area contributed by atoms with Gasteiger partial charge in [0.2, 0.25) is 0 Å². The minimum atomic E-state index is 0.657. The van der Waals surface area contributed by atoms with Gasteiger partial charge in [0.15, 0.2) is 0 Å². The van der Waals surface area contributed by atoms with Crippen molar-refractivity contribution in [2.45, 2.75) is 13.0 Å². The van der Waals surface area contributed by atoms with Crippen LogP contribution in [0.1, 0.15) is 11.3 Å². The van der Waals surface area contributed by atoms with Crippen molar-refractivity contribution in [1.82, 2.24) is 10.2 Å². The Morgan fingerprint density at radius 2 is 1.95 bits per heavy atom. The van der Waals surface area contributed by atoms with Crippen LogP contribution in [0.5, 0.6) is 0 Å². The van der Waals surface area contributed by atoms with Crippen molar-refractivity contribution in [1.29, 1.82) is 0 Å². The van der Waals surface area contributed by atoms with Gasteiger partial charge in [-0.2, -0.15) is 5.10 Å². The van der Waals surface area contributed by atoms with Crippen LogP contribution in [0.3, 0.4) is 0 Å². The molecule has 2 heterocycles. The number of benzene rings is 2. The molecule has 0 unspecified atom stereocenters. The van der Waals surface area contributed by atoms with Crippen LogP contribution in [-0.2, 0) is 17.8 Å². The summed E-state index contributed by atoms with van der Waals surface area (Å²) < 4.78 is 5.57. The van der Waals surface area contributed by atoms with Gasteiger partial charge in [0.1, 0.15) is 0 Å². The van der Waals surface area contributed by atoms with Crippen molar-refractivity contribution in [3.05, 3.63) is 53.7 Å². The highest BCUT2D eigenvalue weighted by Gasteiger charge is 2.19. The van der Waals surface area contributed by atoms with Crippen molar-refractivity contribution in [3.8, 4) is 11.3 Å². The molecule has 0 aliphatic carbocycles. The van der Waals surface area contributed by atoms with Crippen molar-refractivity contribution in [2.75, 3.05) is 6.61 Å². The van der Waals surface area contributed by atoms with E-state index < -0.39 is 0 Å². The lowest BCUT2D eigenvalue weighted by Crippen LogP contribution is -2.08. The average Bonchev–Trinajstić information content (AvgIpc) is 2.90. The molecule has 94 valence electrons. The summed E-state index contributed by atoms with van der Waals surface area (Å²) >= 11 is 0. The number of aromatic amines is 1. The lowest BCUT2D eigenvalue weighted by Gasteiger charge is -2.13. The van der Waals surface area contributed by atoms with Gasteiger partial charge in [-0.25, -0.2) is 0 Å². The van der Waals surface area contributed by atoms with Crippen molar-refractivity contribution >= 4 is 10.8 Å². The number of hydrogen-bond donors (Lipinski definition) is 1. The first kappa shape index (κ1) is 10.8. The Labute approximate surface area is 111 Å². The summed E-state index contributed by atoms with van der Waals surface area (Å²) in [4.78, 5) is 0. The molecule has 0 amide bonds. The molecule has 3 nitrogen and oxygen atoms in total. The summed E-state index contributed by atoms with van der Waals surface area (Å²) in [6.45, 7) is 1.44. The van der Waals surface area contributed by atoms with E-state index in [0.29, 0.717) is 6.61 Å². The Bertz CT molecular complexity index is 740. The minimum Gasteiger partial charge on any atom is -0.376 e. The zero-order valence-electron chi connectivity index (χ0n) is 10.5. The Morgan fingerprint density at radius 3 is 2.95 bits per heavy atom. The van der Waals surface area contributed by atoms with Gasteiger partial charge in [-0.1, -0.05) is 42.5 Å². The molecule has 1 aromatic heterocycles. The molecule has 1 N–H and O–H groups in total. The van der Waals surface area contributed by atoms with E-state index in [4.69, 9.17) is 4.74 Å². The molecule has 3 heteroatoms. The first-order valence-corrected chi connectivity index (χ1v) is 6.55. The number of ether oxygens (including phenoxy) is 1. The topological polar surface area (TPSA) is 37.9 Å². The molecule has 4 rings (SSSR count). The van der Waals surface area contributed by atoms with Crippen LogP contribution in [0.15, 0.2) is 42.5 Å². The molecule has 3 aromatic rings. The number of nitrogens with one attached hydrogen (secondary N) is 1. The van der Waals surface area contributed by atoms with E-state index >= 15 is 0 Å². The summed E-state index contributed by atoms with van der Waals surface area (Å²) in [5, 5.41) is 10.2. The molecule has 0 spiro atoms. The maximum atomic E-state index is 5.57. The fourth-order valence-electron chi connectivity index (χ4n) is 2.77. The maximum absolute atomic E-state index is 5.57. The van der Waals surface area contributed by atoms with Gasteiger partial charge in [0.05, 0.1) is 18.9 Å². The first-order chi connectivity index (χ1) is 9.43. The van der Waals surface area contributed by atoms with Gasteiger partial charge >= 0.3 is 0 Å².